The number of amides is 1. The van der Waals surface area contributed by atoms with Crippen LogP contribution in [0.25, 0.3) is 0 Å². The van der Waals surface area contributed by atoms with Gasteiger partial charge in [0.05, 0.1) is 31.9 Å². The topological polar surface area (TPSA) is 79.8 Å². The number of aliphatic hydroxyl groups excluding tert-OH is 1. The van der Waals surface area contributed by atoms with Gasteiger partial charge in [-0.05, 0) is 41.8 Å². The van der Waals surface area contributed by atoms with E-state index in [1.54, 1.807) is 25.3 Å². The van der Waals surface area contributed by atoms with Crippen LogP contribution in [-0.2, 0) is 13.0 Å². The zero-order valence-corrected chi connectivity index (χ0v) is 18.5. The Bertz CT molecular complexity index is 994. The Morgan fingerprint density at radius 1 is 0.906 bits per heavy atom. The third-order valence-corrected chi connectivity index (χ3v) is 5.25. The summed E-state index contributed by atoms with van der Waals surface area (Å²) in [5.41, 5.74) is 2.52. The van der Waals surface area contributed by atoms with E-state index in [0.29, 0.717) is 30.8 Å². The number of ether oxygens (including phenoxy) is 2. The third-order valence-electron chi connectivity index (χ3n) is 5.25. The maximum Gasteiger partial charge on any atom is 0.255 e. The molecule has 0 bridgehead atoms. The molecule has 0 fully saturated rings. The Kier molecular flexibility index (Phi) is 8.66. The van der Waals surface area contributed by atoms with Crippen molar-refractivity contribution in [2.24, 2.45) is 0 Å². The minimum atomic E-state index is -0.792. The second kappa shape index (κ2) is 11.9. The van der Waals surface area contributed by atoms with Gasteiger partial charge in [0.2, 0.25) is 0 Å². The molecular formula is C26H30N2O4. The summed E-state index contributed by atoms with van der Waals surface area (Å²) in [4.78, 5) is 13.0. The fourth-order valence-electron chi connectivity index (χ4n) is 3.52. The van der Waals surface area contributed by atoms with Gasteiger partial charge in [0.25, 0.3) is 5.91 Å². The number of carbonyl (C=O) groups is 1. The Morgan fingerprint density at radius 3 is 2.38 bits per heavy atom. The highest BCUT2D eigenvalue weighted by Crippen LogP contribution is 2.18. The molecule has 3 N–H and O–H groups in total. The van der Waals surface area contributed by atoms with Gasteiger partial charge in [-0.15, -0.1) is 0 Å². The van der Waals surface area contributed by atoms with E-state index in [4.69, 9.17) is 9.47 Å². The number of nitrogens with one attached hydrogen (secondary N) is 2. The average molecular weight is 435 g/mol. The number of carbonyl (C=O) groups excluding carboxylic acids is 1. The lowest BCUT2D eigenvalue weighted by Gasteiger charge is -2.25. The summed E-state index contributed by atoms with van der Waals surface area (Å²) in [5, 5.41) is 17.2. The molecule has 0 aliphatic carbocycles. The van der Waals surface area contributed by atoms with Gasteiger partial charge in [-0.2, -0.15) is 0 Å². The van der Waals surface area contributed by atoms with E-state index in [1.807, 2.05) is 60.7 Å². The van der Waals surface area contributed by atoms with Crippen molar-refractivity contribution in [1.29, 1.82) is 0 Å². The van der Waals surface area contributed by atoms with Crippen molar-refractivity contribution >= 4 is 5.91 Å². The van der Waals surface area contributed by atoms with Crippen LogP contribution in [0.1, 0.15) is 21.5 Å². The number of para-hydroxylation sites is 1. The molecule has 0 aromatic heterocycles. The fourth-order valence-corrected chi connectivity index (χ4v) is 3.52. The van der Waals surface area contributed by atoms with Crippen molar-refractivity contribution in [3.63, 3.8) is 0 Å². The van der Waals surface area contributed by atoms with Crippen molar-refractivity contribution in [1.82, 2.24) is 10.6 Å². The van der Waals surface area contributed by atoms with Crippen molar-refractivity contribution in [3.05, 3.63) is 95.6 Å². The third kappa shape index (κ3) is 6.57. The van der Waals surface area contributed by atoms with Gasteiger partial charge in [-0.1, -0.05) is 54.6 Å². The van der Waals surface area contributed by atoms with Crippen LogP contribution < -0.4 is 20.1 Å². The van der Waals surface area contributed by atoms with Crippen LogP contribution in [0.3, 0.4) is 0 Å². The smallest absolute Gasteiger partial charge is 0.255 e. The summed E-state index contributed by atoms with van der Waals surface area (Å²) >= 11 is 0. The van der Waals surface area contributed by atoms with Gasteiger partial charge in [0.15, 0.2) is 0 Å². The molecule has 0 spiro atoms. The molecule has 0 aliphatic heterocycles. The molecule has 0 aliphatic rings. The molecule has 0 radical (unpaired) electrons. The second-order valence-corrected chi connectivity index (χ2v) is 7.52. The maximum absolute atomic E-state index is 13.0. The molecular weight excluding hydrogens is 404 g/mol. The van der Waals surface area contributed by atoms with E-state index < -0.39 is 12.1 Å². The summed E-state index contributed by atoms with van der Waals surface area (Å²) in [7, 11) is 3.17. The molecule has 3 aromatic rings. The van der Waals surface area contributed by atoms with E-state index in [2.05, 4.69) is 10.6 Å². The molecule has 6 nitrogen and oxygen atoms in total. The van der Waals surface area contributed by atoms with Gasteiger partial charge in [-0.3, -0.25) is 4.79 Å². The monoisotopic (exact) mass is 434 g/mol. The van der Waals surface area contributed by atoms with Crippen LogP contribution in [0.5, 0.6) is 11.5 Å². The van der Waals surface area contributed by atoms with Gasteiger partial charge < -0.3 is 25.2 Å². The number of hydrogen-bond donors (Lipinski definition) is 3. The van der Waals surface area contributed by atoms with Crippen molar-refractivity contribution in [2.75, 3.05) is 20.8 Å². The number of methoxy groups -OCH3 is 2. The van der Waals surface area contributed by atoms with Gasteiger partial charge in [0, 0.05) is 13.1 Å². The average Bonchev–Trinajstić information content (AvgIpc) is 2.84. The minimum absolute atomic E-state index is 0.282. The first-order chi connectivity index (χ1) is 15.6. The lowest BCUT2D eigenvalue weighted by Crippen LogP contribution is -2.48. The number of hydrogen-bond acceptors (Lipinski definition) is 5. The van der Waals surface area contributed by atoms with Crippen LogP contribution in [0, 0.1) is 0 Å². The van der Waals surface area contributed by atoms with Crippen LogP contribution in [0.15, 0.2) is 78.9 Å². The van der Waals surface area contributed by atoms with E-state index in [0.717, 1.165) is 16.9 Å². The summed E-state index contributed by atoms with van der Waals surface area (Å²) in [6.07, 6.45) is -0.288. The van der Waals surface area contributed by atoms with Gasteiger partial charge >= 0.3 is 0 Å². The highest BCUT2D eigenvalue weighted by Gasteiger charge is 2.23. The summed E-state index contributed by atoms with van der Waals surface area (Å²) in [5.74, 6) is 1.00. The molecule has 0 saturated carbocycles. The van der Waals surface area contributed by atoms with E-state index in [-0.39, 0.29) is 5.91 Å². The van der Waals surface area contributed by atoms with Crippen molar-refractivity contribution in [3.8, 4) is 11.5 Å². The normalized spacial score (nSPS) is 12.6. The highest BCUT2D eigenvalue weighted by molar-refractivity contribution is 5.97. The van der Waals surface area contributed by atoms with Crippen LogP contribution in [0.2, 0.25) is 0 Å². The van der Waals surface area contributed by atoms with Crippen LogP contribution in [-0.4, -0.2) is 43.9 Å². The van der Waals surface area contributed by atoms with Gasteiger partial charge in [0.1, 0.15) is 11.5 Å². The predicted octanol–water partition coefficient (Wildman–Crippen LogP) is 3.20. The largest absolute Gasteiger partial charge is 0.497 e. The lowest BCUT2D eigenvalue weighted by atomic mass is 10.00. The Balaban J connectivity index is 1.67. The zero-order valence-electron chi connectivity index (χ0n) is 18.5. The molecule has 3 aromatic carbocycles. The molecule has 2 unspecified atom stereocenters. The van der Waals surface area contributed by atoms with E-state index >= 15 is 0 Å². The standard InChI is InChI=1S/C26H30N2O4/c1-31-21-12-8-11-20(15-21)17-27-18-24(29)23(16-19-9-4-3-5-10-19)28-26(30)22-13-6-7-14-25(22)32-2/h3-15,23-24,27,29H,16-18H2,1-2H3,(H,28,30). The molecule has 3 rings (SSSR count). The van der Waals surface area contributed by atoms with Crippen LogP contribution in [0.4, 0.5) is 0 Å². The second-order valence-electron chi connectivity index (χ2n) is 7.52. The molecule has 32 heavy (non-hydrogen) atoms. The quantitative estimate of drug-likeness (QED) is 0.432. The molecule has 6 heteroatoms. The minimum Gasteiger partial charge on any atom is -0.497 e. The SMILES string of the molecule is COc1cccc(CNCC(O)C(Cc2ccccc2)NC(=O)c2ccccc2OC)c1. The first-order valence-electron chi connectivity index (χ1n) is 10.6. The summed E-state index contributed by atoms with van der Waals surface area (Å²) < 4.78 is 10.6. The van der Waals surface area contributed by atoms with E-state index in [9.17, 15) is 9.90 Å². The first-order valence-corrected chi connectivity index (χ1v) is 10.6. The molecule has 2 atom stereocenters. The number of rotatable bonds is 11. The Hall–Kier alpha value is -3.35. The van der Waals surface area contributed by atoms with Gasteiger partial charge in [-0.25, -0.2) is 0 Å². The molecule has 168 valence electrons. The Labute approximate surface area is 189 Å². The maximum atomic E-state index is 13.0. The molecule has 0 saturated heterocycles. The highest BCUT2D eigenvalue weighted by atomic mass is 16.5. The number of benzene rings is 3. The molecule has 0 heterocycles. The zero-order chi connectivity index (χ0) is 22.8. The summed E-state index contributed by atoms with van der Waals surface area (Å²) in [6, 6.07) is 24.1. The Morgan fingerprint density at radius 2 is 1.62 bits per heavy atom. The van der Waals surface area contributed by atoms with Crippen LogP contribution >= 0.6 is 0 Å². The number of aliphatic hydroxyl groups is 1. The summed E-state index contributed by atoms with van der Waals surface area (Å²) in [6.45, 7) is 0.897. The fraction of sp³-hybridized carbons (Fsp3) is 0.269. The predicted molar refractivity (Wildman–Crippen MR) is 125 cm³/mol. The molecule has 1 amide bonds. The first kappa shape index (κ1) is 23.3. The van der Waals surface area contributed by atoms with Crippen molar-refractivity contribution in [2.45, 2.75) is 25.1 Å². The van der Waals surface area contributed by atoms with Crippen molar-refractivity contribution < 1.29 is 19.4 Å². The lowest BCUT2D eigenvalue weighted by molar-refractivity contribution is 0.0827. The van der Waals surface area contributed by atoms with E-state index in [1.165, 1.54) is 7.11 Å².